The van der Waals surface area contributed by atoms with E-state index in [2.05, 4.69) is 34.5 Å². The molecule has 136 valence electrons. The van der Waals surface area contributed by atoms with Crippen LogP contribution in [0.3, 0.4) is 0 Å². The van der Waals surface area contributed by atoms with Crippen molar-refractivity contribution in [2.45, 2.75) is 6.92 Å². The topological polar surface area (TPSA) is 35.6 Å². The molecule has 0 radical (unpaired) electrons. The van der Waals surface area contributed by atoms with Crippen molar-refractivity contribution in [2.75, 3.05) is 38.0 Å². The van der Waals surface area contributed by atoms with Crippen LogP contribution in [0, 0.1) is 6.92 Å². The van der Waals surface area contributed by atoms with Crippen molar-refractivity contribution in [2.24, 2.45) is 0 Å². The van der Waals surface area contributed by atoms with Crippen molar-refractivity contribution < 1.29 is 4.79 Å². The standard InChI is InChI=1S/C21H24ClN3O/c1-17-9-10-19(22)16-20(17)23-21(26)25-14-12-24(13-15-25)11-5-8-18-6-3-2-4-7-18/h2-10,16H,11-15H2,1H3,(H,23,26)/b8-5-. The van der Waals surface area contributed by atoms with Crippen molar-refractivity contribution in [3.8, 4) is 0 Å². The summed E-state index contributed by atoms with van der Waals surface area (Å²) in [5.41, 5.74) is 2.99. The molecule has 5 heteroatoms. The average molecular weight is 370 g/mol. The maximum absolute atomic E-state index is 12.5. The van der Waals surface area contributed by atoms with Gasteiger partial charge in [-0.15, -0.1) is 0 Å². The maximum atomic E-state index is 12.5. The van der Waals surface area contributed by atoms with E-state index in [-0.39, 0.29) is 6.03 Å². The first-order chi connectivity index (χ1) is 12.6. The van der Waals surface area contributed by atoms with E-state index in [1.165, 1.54) is 5.56 Å². The first kappa shape index (κ1) is 18.5. The summed E-state index contributed by atoms with van der Waals surface area (Å²) in [6.07, 6.45) is 4.32. The summed E-state index contributed by atoms with van der Waals surface area (Å²) < 4.78 is 0. The molecule has 0 unspecified atom stereocenters. The van der Waals surface area contributed by atoms with Gasteiger partial charge in [0, 0.05) is 43.4 Å². The molecule has 0 bridgehead atoms. The third kappa shape index (κ3) is 5.10. The molecule has 0 spiro atoms. The Kier molecular flexibility index (Phi) is 6.31. The number of carbonyl (C=O) groups is 1. The molecule has 1 N–H and O–H groups in total. The van der Waals surface area contributed by atoms with Crippen molar-refractivity contribution >= 4 is 29.4 Å². The van der Waals surface area contributed by atoms with E-state index in [1.54, 1.807) is 6.07 Å². The number of rotatable bonds is 4. The molecule has 2 amide bonds. The fraction of sp³-hybridized carbons (Fsp3) is 0.286. The predicted octanol–water partition coefficient (Wildman–Crippen LogP) is 4.51. The summed E-state index contributed by atoms with van der Waals surface area (Å²) in [6.45, 7) is 6.07. The van der Waals surface area contributed by atoms with Crippen LogP contribution >= 0.6 is 11.6 Å². The molecule has 1 saturated heterocycles. The van der Waals surface area contributed by atoms with Gasteiger partial charge in [0.2, 0.25) is 0 Å². The number of hydrogen-bond donors (Lipinski definition) is 1. The third-order valence-corrected chi connectivity index (χ3v) is 4.81. The van der Waals surface area contributed by atoms with E-state index in [1.807, 2.05) is 42.2 Å². The number of nitrogens with one attached hydrogen (secondary N) is 1. The zero-order valence-corrected chi connectivity index (χ0v) is 15.7. The number of hydrogen-bond acceptors (Lipinski definition) is 2. The molecule has 1 heterocycles. The second-order valence-corrected chi connectivity index (χ2v) is 6.93. The zero-order chi connectivity index (χ0) is 18.4. The van der Waals surface area contributed by atoms with E-state index >= 15 is 0 Å². The Balaban J connectivity index is 1.46. The zero-order valence-electron chi connectivity index (χ0n) is 15.0. The molecule has 0 saturated carbocycles. The van der Waals surface area contributed by atoms with Gasteiger partial charge in [-0.25, -0.2) is 4.79 Å². The number of aryl methyl sites for hydroxylation is 1. The van der Waals surface area contributed by atoms with Crippen LogP contribution in [-0.4, -0.2) is 48.6 Å². The number of piperazine rings is 1. The minimum Gasteiger partial charge on any atom is -0.322 e. The van der Waals surface area contributed by atoms with Gasteiger partial charge in [-0.05, 0) is 30.2 Å². The second-order valence-electron chi connectivity index (χ2n) is 6.49. The Labute approximate surface area is 160 Å². The van der Waals surface area contributed by atoms with Gasteiger partial charge in [-0.3, -0.25) is 4.90 Å². The summed E-state index contributed by atoms with van der Waals surface area (Å²) in [5, 5.41) is 3.60. The number of carbonyl (C=O) groups excluding carboxylic acids is 1. The Hall–Kier alpha value is -2.30. The van der Waals surface area contributed by atoms with Crippen molar-refractivity contribution in [3.05, 3.63) is 70.8 Å². The normalized spacial score (nSPS) is 15.4. The molecule has 0 atom stereocenters. The molecular formula is C21H24ClN3O. The van der Waals surface area contributed by atoms with Crippen LogP contribution in [0.1, 0.15) is 11.1 Å². The monoisotopic (exact) mass is 369 g/mol. The molecule has 2 aromatic rings. The lowest BCUT2D eigenvalue weighted by Crippen LogP contribution is -2.50. The highest BCUT2D eigenvalue weighted by Crippen LogP contribution is 2.20. The fourth-order valence-corrected chi connectivity index (χ4v) is 3.13. The smallest absolute Gasteiger partial charge is 0.321 e. The minimum absolute atomic E-state index is 0.0603. The first-order valence-electron chi connectivity index (χ1n) is 8.88. The van der Waals surface area contributed by atoms with Crippen molar-refractivity contribution in [1.29, 1.82) is 0 Å². The quantitative estimate of drug-likeness (QED) is 0.860. The van der Waals surface area contributed by atoms with Crippen LogP contribution < -0.4 is 5.32 Å². The van der Waals surface area contributed by atoms with Crippen molar-refractivity contribution in [1.82, 2.24) is 9.80 Å². The SMILES string of the molecule is Cc1ccc(Cl)cc1NC(=O)N1CCN(C/C=C\c2ccccc2)CC1. The van der Waals surface area contributed by atoms with E-state index in [0.717, 1.165) is 44.0 Å². The highest BCUT2D eigenvalue weighted by Gasteiger charge is 2.20. The predicted molar refractivity (Wildman–Crippen MR) is 109 cm³/mol. The average Bonchev–Trinajstić information content (AvgIpc) is 2.66. The molecule has 3 rings (SSSR count). The largest absolute Gasteiger partial charge is 0.322 e. The molecule has 0 aromatic heterocycles. The van der Waals surface area contributed by atoms with Crippen LogP contribution in [0.15, 0.2) is 54.6 Å². The van der Waals surface area contributed by atoms with Crippen LogP contribution in [0.5, 0.6) is 0 Å². The molecule has 0 aliphatic carbocycles. The van der Waals surface area contributed by atoms with Gasteiger partial charge >= 0.3 is 6.03 Å². The van der Waals surface area contributed by atoms with Gasteiger partial charge in [0.05, 0.1) is 0 Å². The summed E-state index contributed by atoms with van der Waals surface area (Å²) in [4.78, 5) is 16.7. The molecule has 4 nitrogen and oxygen atoms in total. The Morgan fingerprint density at radius 3 is 2.58 bits per heavy atom. The number of urea groups is 1. The van der Waals surface area contributed by atoms with Gasteiger partial charge in [0.1, 0.15) is 0 Å². The maximum Gasteiger partial charge on any atom is 0.321 e. The lowest BCUT2D eigenvalue weighted by molar-refractivity contribution is 0.156. The highest BCUT2D eigenvalue weighted by atomic mass is 35.5. The van der Waals surface area contributed by atoms with E-state index < -0.39 is 0 Å². The molecule has 1 aliphatic heterocycles. The minimum atomic E-state index is -0.0603. The van der Waals surface area contributed by atoms with Gasteiger partial charge in [0.15, 0.2) is 0 Å². The van der Waals surface area contributed by atoms with Crippen LogP contribution in [0.25, 0.3) is 6.08 Å². The molecule has 26 heavy (non-hydrogen) atoms. The third-order valence-electron chi connectivity index (χ3n) is 4.57. The lowest BCUT2D eigenvalue weighted by atomic mass is 10.2. The van der Waals surface area contributed by atoms with E-state index in [4.69, 9.17) is 11.6 Å². The number of anilines is 1. The molecule has 1 fully saturated rings. The second kappa shape index (κ2) is 8.88. The van der Waals surface area contributed by atoms with Crippen LogP contribution in [-0.2, 0) is 0 Å². The van der Waals surface area contributed by atoms with Gasteiger partial charge < -0.3 is 10.2 Å². The summed E-state index contributed by atoms with van der Waals surface area (Å²) in [5.74, 6) is 0. The van der Waals surface area contributed by atoms with Crippen LogP contribution in [0.4, 0.5) is 10.5 Å². The first-order valence-corrected chi connectivity index (χ1v) is 9.25. The Morgan fingerprint density at radius 2 is 1.85 bits per heavy atom. The Morgan fingerprint density at radius 1 is 1.12 bits per heavy atom. The van der Waals surface area contributed by atoms with E-state index in [9.17, 15) is 4.79 Å². The Bertz CT molecular complexity index is 768. The van der Waals surface area contributed by atoms with E-state index in [0.29, 0.717) is 5.02 Å². The molecular weight excluding hydrogens is 346 g/mol. The van der Waals surface area contributed by atoms with Gasteiger partial charge in [0.25, 0.3) is 0 Å². The van der Waals surface area contributed by atoms with Gasteiger partial charge in [-0.1, -0.05) is 60.2 Å². The summed E-state index contributed by atoms with van der Waals surface area (Å²) in [7, 11) is 0. The molecule has 2 aromatic carbocycles. The number of benzene rings is 2. The summed E-state index contributed by atoms with van der Waals surface area (Å²) in [6, 6.07) is 15.8. The fourth-order valence-electron chi connectivity index (χ4n) is 2.96. The highest BCUT2D eigenvalue weighted by molar-refractivity contribution is 6.31. The molecule has 1 aliphatic rings. The number of halogens is 1. The number of nitrogens with zero attached hydrogens (tertiary/aromatic N) is 2. The van der Waals surface area contributed by atoms with Crippen LogP contribution in [0.2, 0.25) is 5.02 Å². The number of amides is 2. The van der Waals surface area contributed by atoms with Gasteiger partial charge in [-0.2, -0.15) is 0 Å². The lowest BCUT2D eigenvalue weighted by Gasteiger charge is -2.34. The summed E-state index contributed by atoms with van der Waals surface area (Å²) >= 11 is 6.02. The van der Waals surface area contributed by atoms with Crippen molar-refractivity contribution in [3.63, 3.8) is 0 Å².